The van der Waals surface area contributed by atoms with Gasteiger partial charge in [-0.2, -0.15) is 0 Å². The highest BCUT2D eigenvalue weighted by molar-refractivity contribution is 5.76. The molecule has 3 rings (SSSR count). The van der Waals surface area contributed by atoms with Crippen molar-refractivity contribution in [2.24, 2.45) is 5.41 Å². The summed E-state index contributed by atoms with van der Waals surface area (Å²) in [6.45, 7) is 4.76. The molecule has 0 aromatic heterocycles. The number of methoxy groups -OCH3 is 1. The number of carbonyl (C=O) groups is 1. The van der Waals surface area contributed by atoms with Gasteiger partial charge in [0.15, 0.2) is 0 Å². The topological polar surface area (TPSA) is 53.0 Å². The molecule has 0 unspecified atom stereocenters. The molecule has 1 N–H and O–H groups in total. The maximum atomic E-state index is 12.5. The zero-order chi connectivity index (χ0) is 16.3. The Labute approximate surface area is 140 Å². The average Bonchev–Trinajstić information content (AvgIpc) is 2.86. The third-order valence-corrected chi connectivity index (χ3v) is 6.41. The number of piperidine rings is 1. The van der Waals surface area contributed by atoms with Crippen LogP contribution in [0.5, 0.6) is 0 Å². The standard InChI is InChI=1S/C18H32N2O3/c1-23-16-14-15(21)18(16)7-12-20(13-8-18)17(22)6-11-19-9-4-2-3-5-10-19/h15-16,21H,2-14H2,1H3/t15-,16+/m0/s1. The normalized spacial score (nSPS) is 31.7. The first-order valence-electron chi connectivity index (χ1n) is 9.37. The lowest BCUT2D eigenvalue weighted by molar-refractivity contribution is -0.202. The second kappa shape index (κ2) is 7.49. The second-order valence-corrected chi connectivity index (χ2v) is 7.60. The van der Waals surface area contributed by atoms with Gasteiger partial charge in [-0.15, -0.1) is 0 Å². The van der Waals surface area contributed by atoms with Crippen molar-refractivity contribution in [2.45, 2.75) is 63.6 Å². The third-order valence-electron chi connectivity index (χ3n) is 6.41. The van der Waals surface area contributed by atoms with Crippen LogP contribution in [0.4, 0.5) is 0 Å². The van der Waals surface area contributed by atoms with Gasteiger partial charge in [0.2, 0.25) is 5.91 Å². The molecule has 23 heavy (non-hydrogen) atoms. The van der Waals surface area contributed by atoms with Crippen molar-refractivity contribution in [3.05, 3.63) is 0 Å². The smallest absolute Gasteiger partial charge is 0.223 e. The third kappa shape index (κ3) is 3.57. The van der Waals surface area contributed by atoms with Gasteiger partial charge in [-0.25, -0.2) is 0 Å². The van der Waals surface area contributed by atoms with E-state index in [-0.39, 0.29) is 23.5 Å². The summed E-state index contributed by atoms with van der Waals surface area (Å²) in [6, 6.07) is 0. The Morgan fingerprint density at radius 1 is 1.13 bits per heavy atom. The van der Waals surface area contributed by atoms with Gasteiger partial charge in [0.05, 0.1) is 12.2 Å². The fourth-order valence-electron chi connectivity index (χ4n) is 4.66. The number of aliphatic hydroxyl groups excluding tert-OH is 1. The lowest BCUT2D eigenvalue weighted by Gasteiger charge is -2.56. The monoisotopic (exact) mass is 324 g/mol. The molecule has 2 saturated heterocycles. The molecular weight excluding hydrogens is 292 g/mol. The molecule has 0 aromatic carbocycles. The van der Waals surface area contributed by atoms with Crippen molar-refractivity contribution in [1.29, 1.82) is 0 Å². The Hall–Kier alpha value is -0.650. The molecular formula is C18H32N2O3. The SMILES string of the molecule is CO[C@@H]1C[C@H](O)C12CCN(C(=O)CCN1CCCCCC1)CC2. The number of carbonyl (C=O) groups excluding carboxylic acids is 1. The van der Waals surface area contributed by atoms with Crippen LogP contribution in [-0.4, -0.2) is 72.9 Å². The van der Waals surface area contributed by atoms with E-state index < -0.39 is 0 Å². The first kappa shape index (κ1) is 17.2. The van der Waals surface area contributed by atoms with Gasteiger partial charge < -0.3 is 19.6 Å². The predicted octanol–water partition coefficient (Wildman–Crippen LogP) is 1.64. The van der Waals surface area contributed by atoms with Gasteiger partial charge in [-0.1, -0.05) is 12.8 Å². The molecule has 5 nitrogen and oxygen atoms in total. The highest BCUT2D eigenvalue weighted by Crippen LogP contribution is 2.50. The summed E-state index contributed by atoms with van der Waals surface area (Å²) < 4.78 is 5.51. The zero-order valence-corrected chi connectivity index (χ0v) is 14.5. The van der Waals surface area contributed by atoms with E-state index in [9.17, 15) is 9.90 Å². The van der Waals surface area contributed by atoms with Crippen molar-refractivity contribution in [3.63, 3.8) is 0 Å². The summed E-state index contributed by atoms with van der Waals surface area (Å²) in [4.78, 5) is 16.9. The molecule has 1 aliphatic carbocycles. The van der Waals surface area contributed by atoms with Crippen LogP contribution in [0, 0.1) is 5.41 Å². The van der Waals surface area contributed by atoms with E-state index in [0.29, 0.717) is 6.42 Å². The summed E-state index contributed by atoms with van der Waals surface area (Å²) in [7, 11) is 1.73. The van der Waals surface area contributed by atoms with E-state index >= 15 is 0 Å². The Kier molecular flexibility index (Phi) is 5.60. The minimum absolute atomic E-state index is 0.0870. The summed E-state index contributed by atoms with van der Waals surface area (Å²) in [5.41, 5.74) is -0.0870. The molecule has 3 aliphatic rings. The van der Waals surface area contributed by atoms with E-state index in [1.54, 1.807) is 7.11 Å². The lowest BCUT2D eigenvalue weighted by Crippen LogP contribution is -2.62. The molecule has 0 aromatic rings. The van der Waals surface area contributed by atoms with Crippen molar-refractivity contribution in [3.8, 4) is 0 Å². The van der Waals surface area contributed by atoms with E-state index in [0.717, 1.165) is 52.0 Å². The predicted molar refractivity (Wildman–Crippen MR) is 89.2 cm³/mol. The molecule has 2 aliphatic heterocycles. The van der Waals surface area contributed by atoms with Gasteiger partial charge >= 0.3 is 0 Å². The van der Waals surface area contributed by atoms with Gasteiger partial charge in [0.25, 0.3) is 0 Å². The minimum atomic E-state index is -0.248. The average molecular weight is 324 g/mol. The van der Waals surface area contributed by atoms with Crippen LogP contribution >= 0.6 is 0 Å². The van der Waals surface area contributed by atoms with Crippen molar-refractivity contribution < 1.29 is 14.6 Å². The van der Waals surface area contributed by atoms with E-state index in [1.807, 2.05) is 4.90 Å². The maximum absolute atomic E-state index is 12.5. The van der Waals surface area contributed by atoms with Crippen molar-refractivity contribution in [1.82, 2.24) is 9.80 Å². The van der Waals surface area contributed by atoms with Crippen LogP contribution in [0.1, 0.15) is 51.4 Å². The van der Waals surface area contributed by atoms with E-state index in [2.05, 4.69) is 4.90 Å². The molecule has 2 atom stereocenters. The number of ether oxygens (including phenoxy) is 1. The molecule has 1 saturated carbocycles. The summed E-state index contributed by atoms with van der Waals surface area (Å²) in [5.74, 6) is 0.284. The summed E-state index contributed by atoms with van der Waals surface area (Å²) in [6.07, 6.45) is 8.29. The molecule has 0 bridgehead atoms. The zero-order valence-electron chi connectivity index (χ0n) is 14.5. The van der Waals surface area contributed by atoms with Crippen LogP contribution in [0.15, 0.2) is 0 Å². The number of likely N-dealkylation sites (tertiary alicyclic amines) is 2. The minimum Gasteiger partial charge on any atom is -0.392 e. The van der Waals surface area contributed by atoms with Crippen LogP contribution in [0.3, 0.4) is 0 Å². The van der Waals surface area contributed by atoms with Crippen LogP contribution in [0.2, 0.25) is 0 Å². The highest BCUT2D eigenvalue weighted by atomic mass is 16.5. The number of aliphatic hydroxyl groups is 1. The summed E-state index contributed by atoms with van der Waals surface area (Å²) in [5, 5.41) is 10.2. The van der Waals surface area contributed by atoms with Crippen molar-refractivity contribution >= 4 is 5.91 Å². The molecule has 1 spiro atoms. The van der Waals surface area contributed by atoms with Gasteiger partial charge in [0, 0.05) is 45.0 Å². The number of rotatable bonds is 4. The largest absolute Gasteiger partial charge is 0.392 e. The van der Waals surface area contributed by atoms with Crippen molar-refractivity contribution in [2.75, 3.05) is 39.8 Å². The Bertz CT molecular complexity index is 399. The Morgan fingerprint density at radius 2 is 1.78 bits per heavy atom. The Balaban J connectivity index is 1.43. The Morgan fingerprint density at radius 3 is 2.35 bits per heavy atom. The number of nitrogens with zero attached hydrogens (tertiary/aromatic N) is 2. The molecule has 132 valence electrons. The quantitative estimate of drug-likeness (QED) is 0.854. The van der Waals surface area contributed by atoms with Crippen LogP contribution in [0.25, 0.3) is 0 Å². The van der Waals surface area contributed by atoms with Gasteiger partial charge in [-0.3, -0.25) is 4.79 Å². The maximum Gasteiger partial charge on any atom is 0.223 e. The summed E-state index contributed by atoms with van der Waals surface area (Å²) >= 11 is 0. The lowest BCUT2D eigenvalue weighted by atomic mass is 9.58. The molecule has 2 heterocycles. The molecule has 3 fully saturated rings. The van der Waals surface area contributed by atoms with Crippen LogP contribution < -0.4 is 0 Å². The first-order chi connectivity index (χ1) is 11.2. The number of amides is 1. The van der Waals surface area contributed by atoms with Gasteiger partial charge in [0.1, 0.15) is 0 Å². The fourth-order valence-corrected chi connectivity index (χ4v) is 4.66. The molecule has 0 radical (unpaired) electrons. The molecule has 5 heteroatoms. The fraction of sp³-hybridized carbons (Fsp3) is 0.944. The highest BCUT2D eigenvalue weighted by Gasteiger charge is 2.56. The number of hydrogen-bond donors (Lipinski definition) is 1. The van der Waals surface area contributed by atoms with E-state index in [4.69, 9.17) is 4.74 Å². The van der Waals surface area contributed by atoms with E-state index in [1.165, 1.54) is 25.7 Å². The second-order valence-electron chi connectivity index (χ2n) is 7.60. The van der Waals surface area contributed by atoms with Crippen LogP contribution in [-0.2, 0) is 9.53 Å². The number of hydrogen-bond acceptors (Lipinski definition) is 4. The van der Waals surface area contributed by atoms with Gasteiger partial charge in [-0.05, 0) is 38.8 Å². The first-order valence-corrected chi connectivity index (χ1v) is 9.37. The molecule has 1 amide bonds.